The van der Waals surface area contributed by atoms with Crippen LogP contribution < -0.4 is 10.9 Å². The van der Waals surface area contributed by atoms with E-state index in [1.165, 1.54) is 10.9 Å². The molecule has 3 rings (SSSR count). The average molecular weight is 258 g/mol. The van der Waals surface area contributed by atoms with E-state index in [1.54, 1.807) is 11.8 Å². The number of aromatic amines is 1. The highest BCUT2D eigenvalue weighted by atomic mass is 32.2. The second-order valence-corrected chi connectivity index (χ2v) is 4.78. The molecule has 0 amide bonds. The zero-order valence-corrected chi connectivity index (χ0v) is 10.8. The number of thioether (sulfide) groups is 1. The first kappa shape index (κ1) is 11.2. The largest absolute Gasteiger partial charge is 0.360 e. The number of aliphatic imine (C=N–C) groups is 1. The van der Waals surface area contributed by atoms with Crippen LogP contribution in [0.3, 0.4) is 0 Å². The van der Waals surface area contributed by atoms with Gasteiger partial charge in [0.2, 0.25) is 0 Å². The Bertz CT molecular complexity index is 627. The molecule has 0 spiro atoms. The third kappa shape index (κ3) is 1.97. The molecule has 18 heavy (non-hydrogen) atoms. The van der Waals surface area contributed by atoms with Gasteiger partial charge in [-0.1, -0.05) is 30.0 Å². The highest BCUT2D eigenvalue weighted by molar-refractivity contribution is 8.16. The summed E-state index contributed by atoms with van der Waals surface area (Å²) in [4.78, 5) is 7.59. The predicted molar refractivity (Wildman–Crippen MR) is 78.1 cm³/mol. The fourth-order valence-corrected chi connectivity index (χ4v) is 2.67. The molecule has 1 aliphatic heterocycles. The molecule has 4 nitrogen and oxygen atoms in total. The van der Waals surface area contributed by atoms with Crippen molar-refractivity contribution >= 4 is 33.5 Å². The minimum absolute atomic E-state index is 0.785. The van der Waals surface area contributed by atoms with Crippen molar-refractivity contribution in [3.63, 3.8) is 0 Å². The summed E-state index contributed by atoms with van der Waals surface area (Å²) in [6.45, 7) is 2.81. The highest BCUT2D eigenvalue weighted by Crippen LogP contribution is 2.26. The maximum absolute atomic E-state index is 4.32. The third-order valence-corrected chi connectivity index (χ3v) is 3.58. The summed E-state index contributed by atoms with van der Waals surface area (Å²) < 4.78 is 0. The SMILES string of the molecule is CCN=C1NNC(c2c[nH]c3ccccc23)=CS1. The lowest BCUT2D eigenvalue weighted by Gasteiger charge is -2.18. The summed E-state index contributed by atoms with van der Waals surface area (Å²) in [6.07, 6.45) is 2.02. The first-order valence-corrected chi connectivity index (χ1v) is 6.76. The van der Waals surface area contributed by atoms with Crippen molar-refractivity contribution in [3.8, 4) is 0 Å². The molecule has 0 saturated carbocycles. The summed E-state index contributed by atoms with van der Waals surface area (Å²) >= 11 is 1.60. The molecule has 1 aliphatic rings. The van der Waals surface area contributed by atoms with Crippen molar-refractivity contribution in [3.05, 3.63) is 41.4 Å². The van der Waals surface area contributed by atoms with E-state index in [1.807, 2.05) is 25.3 Å². The molecule has 5 heteroatoms. The molecule has 1 aromatic heterocycles. The van der Waals surface area contributed by atoms with E-state index in [0.717, 1.165) is 22.9 Å². The maximum atomic E-state index is 4.32. The smallest absolute Gasteiger partial charge is 0.179 e. The summed E-state index contributed by atoms with van der Waals surface area (Å²) in [5, 5.41) is 4.20. The number of rotatable bonds is 2. The van der Waals surface area contributed by atoms with E-state index in [-0.39, 0.29) is 0 Å². The molecule has 1 aromatic carbocycles. The Labute approximate surface area is 110 Å². The summed E-state index contributed by atoms with van der Waals surface area (Å²) in [5.74, 6) is 0. The van der Waals surface area contributed by atoms with E-state index in [2.05, 4.69) is 38.4 Å². The van der Waals surface area contributed by atoms with Crippen molar-refractivity contribution in [2.45, 2.75) is 6.92 Å². The Morgan fingerprint density at radius 3 is 2.89 bits per heavy atom. The fourth-order valence-electron chi connectivity index (χ4n) is 1.94. The molecule has 0 atom stereocenters. The Morgan fingerprint density at radius 1 is 1.22 bits per heavy atom. The predicted octanol–water partition coefficient (Wildman–Crippen LogP) is 2.68. The topological polar surface area (TPSA) is 52.2 Å². The first-order valence-electron chi connectivity index (χ1n) is 5.88. The van der Waals surface area contributed by atoms with Gasteiger partial charge < -0.3 is 4.98 Å². The van der Waals surface area contributed by atoms with Gasteiger partial charge in [0.15, 0.2) is 5.17 Å². The Morgan fingerprint density at radius 2 is 2.11 bits per heavy atom. The van der Waals surface area contributed by atoms with E-state index >= 15 is 0 Å². The van der Waals surface area contributed by atoms with E-state index in [9.17, 15) is 0 Å². The lowest BCUT2D eigenvalue weighted by atomic mass is 10.1. The van der Waals surface area contributed by atoms with E-state index < -0.39 is 0 Å². The zero-order chi connectivity index (χ0) is 12.4. The van der Waals surface area contributed by atoms with Gasteiger partial charge in [0.05, 0.1) is 5.70 Å². The van der Waals surface area contributed by atoms with Crippen LogP contribution in [0.4, 0.5) is 0 Å². The molecule has 0 radical (unpaired) electrons. The average Bonchev–Trinajstić information content (AvgIpc) is 2.84. The van der Waals surface area contributed by atoms with Crippen molar-refractivity contribution in [1.29, 1.82) is 0 Å². The van der Waals surface area contributed by atoms with Crippen molar-refractivity contribution < 1.29 is 0 Å². The standard InChI is InChI=1S/C13H14N4S/c1-2-14-13-17-16-12(8-18-13)10-7-15-11-6-4-3-5-9(10)11/h3-8,15-16H,2H2,1H3,(H,14,17). The number of para-hydroxylation sites is 1. The fraction of sp³-hybridized carbons (Fsp3) is 0.154. The minimum atomic E-state index is 0.785. The molecule has 92 valence electrons. The lowest BCUT2D eigenvalue weighted by Crippen LogP contribution is -2.36. The first-order chi connectivity index (χ1) is 8.88. The van der Waals surface area contributed by atoms with Gasteiger partial charge >= 0.3 is 0 Å². The van der Waals surface area contributed by atoms with Crippen molar-refractivity contribution in [2.24, 2.45) is 4.99 Å². The van der Waals surface area contributed by atoms with Gasteiger partial charge in [0, 0.05) is 34.6 Å². The normalized spacial score (nSPS) is 17.4. The Hall–Kier alpha value is -1.88. The molecular weight excluding hydrogens is 244 g/mol. The summed E-state index contributed by atoms with van der Waals surface area (Å²) in [5.41, 5.74) is 9.67. The molecule has 0 bridgehead atoms. The third-order valence-electron chi connectivity index (χ3n) is 2.77. The molecule has 2 heterocycles. The maximum Gasteiger partial charge on any atom is 0.179 e. The van der Waals surface area contributed by atoms with Crippen LogP contribution in [0.2, 0.25) is 0 Å². The summed E-state index contributed by atoms with van der Waals surface area (Å²) in [7, 11) is 0. The molecule has 0 saturated heterocycles. The molecule has 0 unspecified atom stereocenters. The number of H-pyrrole nitrogens is 1. The summed E-state index contributed by atoms with van der Waals surface area (Å²) in [6, 6.07) is 8.27. The number of nitrogens with zero attached hydrogens (tertiary/aromatic N) is 1. The second-order valence-electron chi connectivity index (χ2n) is 3.93. The lowest BCUT2D eigenvalue weighted by molar-refractivity contribution is 0.843. The Balaban J connectivity index is 1.94. The van der Waals surface area contributed by atoms with Crippen LogP contribution >= 0.6 is 11.8 Å². The minimum Gasteiger partial charge on any atom is -0.360 e. The molecule has 3 N–H and O–H groups in total. The molecule has 0 fully saturated rings. The van der Waals surface area contributed by atoms with Gasteiger partial charge in [-0.3, -0.25) is 15.8 Å². The number of fused-ring (bicyclic) bond motifs is 1. The Kier molecular flexibility index (Phi) is 2.98. The number of benzene rings is 1. The van der Waals surface area contributed by atoms with Gasteiger partial charge in [0.25, 0.3) is 0 Å². The van der Waals surface area contributed by atoms with Gasteiger partial charge in [-0.15, -0.1) is 0 Å². The van der Waals surface area contributed by atoms with Crippen LogP contribution in [0.15, 0.2) is 40.9 Å². The quantitative estimate of drug-likeness (QED) is 0.776. The molecular formula is C13H14N4S. The van der Waals surface area contributed by atoms with Crippen LogP contribution in [0.25, 0.3) is 16.6 Å². The zero-order valence-electron chi connectivity index (χ0n) is 10.0. The number of hydrogen-bond donors (Lipinski definition) is 3. The van der Waals surface area contributed by atoms with Gasteiger partial charge in [0.1, 0.15) is 0 Å². The molecule has 0 aliphatic carbocycles. The van der Waals surface area contributed by atoms with Crippen LogP contribution in [-0.4, -0.2) is 16.7 Å². The number of amidine groups is 1. The van der Waals surface area contributed by atoms with Gasteiger partial charge in [-0.25, -0.2) is 0 Å². The van der Waals surface area contributed by atoms with Crippen molar-refractivity contribution in [2.75, 3.05) is 6.54 Å². The number of hydrazine groups is 1. The number of hydrogen-bond acceptors (Lipinski definition) is 3. The van der Waals surface area contributed by atoms with Crippen LogP contribution in [0.1, 0.15) is 12.5 Å². The number of nitrogens with one attached hydrogen (secondary N) is 3. The van der Waals surface area contributed by atoms with Crippen LogP contribution in [-0.2, 0) is 0 Å². The highest BCUT2D eigenvalue weighted by Gasteiger charge is 2.12. The van der Waals surface area contributed by atoms with Crippen LogP contribution in [0.5, 0.6) is 0 Å². The van der Waals surface area contributed by atoms with Crippen molar-refractivity contribution in [1.82, 2.24) is 15.8 Å². The number of aromatic nitrogens is 1. The van der Waals surface area contributed by atoms with Crippen LogP contribution in [0, 0.1) is 0 Å². The van der Waals surface area contributed by atoms with E-state index in [4.69, 9.17) is 0 Å². The monoisotopic (exact) mass is 258 g/mol. The van der Waals surface area contributed by atoms with Gasteiger partial charge in [-0.05, 0) is 13.0 Å². The second kappa shape index (κ2) is 4.78. The van der Waals surface area contributed by atoms with E-state index in [0.29, 0.717) is 0 Å². The molecule has 2 aromatic rings. The van der Waals surface area contributed by atoms with Gasteiger partial charge in [-0.2, -0.15) is 0 Å².